The number of hydrogen-bond acceptors (Lipinski definition) is 4. The minimum Gasteiger partial charge on any atom is -0.393 e. The third-order valence-corrected chi connectivity index (χ3v) is 2.74. The number of amides is 1. The van der Waals surface area contributed by atoms with E-state index in [1.165, 1.54) is 0 Å². The van der Waals surface area contributed by atoms with Crippen molar-refractivity contribution in [1.29, 1.82) is 0 Å². The lowest BCUT2D eigenvalue weighted by Gasteiger charge is -2.31. The van der Waals surface area contributed by atoms with Crippen molar-refractivity contribution in [2.45, 2.75) is 31.5 Å². The van der Waals surface area contributed by atoms with Crippen LogP contribution < -0.4 is 11.1 Å². The van der Waals surface area contributed by atoms with Gasteiger partial charge in [0.15, 0.2) is 0 Å². The van der Waals surface area contributed by atoms with E-state index in [4.69, 9.17) is 10.8 Å². The first-order valence-corrected chi connectivity index (χ1v) is 5.33. The molecule has 86 valence electrons. The SMILES string of the molecule is NCc1cc(C(=O)NC2CC(O)C2)ccn1. The topological polar surface area (TPSA) is 88.2 Å². The van der Waals surface area contributed by atoms with Crippen LogP contribution in [0.15, 0.2) is 18.3 Å². The van der Waals surface area contributed by atoms with Crippen LogP contribution in [0, 0.1) is 0 Å². The Bertz CT molecular complexity index is 389. The molecule has 1 amide bonds. The van der Waals surface area contributed by atoms with Crippen molar-refractivity contribution in [3.05, 3.63) is 29.6 Å². The Labute approximate surface area is 93.7 Å². The molecule has 5 nitrogen and oxygen atoms in total. The number of hydrogen-bond donors (Lipinski definition) is 3. The average Bonchev–Trinajstić information content (AvgIpc) is 2.27. The number of aromatic nitrogens is 1. The largest absolute Gasteiger partial charge is 0.393 e. The molecular weight excluding hydrogens is 206 g/mol. The number of nitrogens with one attached hydrogen (secondary N) is 1. The predicted molar refractivity (Wildman–Crippen MR) is 58.6 cm³/mol. The van der Waals surface area contributed by atoms with Gasteiger partial charge in [-0.3, -0.25) is 9.78 Å². The molecule has 4 N–H and O–H groups in total. The summed E-state index contributed by atoms with van der Waals surface area (Å²) in [6.07, 6.45) is 2.59. The molecule has 1 heterocycles. The summed E-state index contributed by atoms with van der Waals surface area (Å²) in [5, 5.41) is 12.0. The van der Waals surface area contributed by atoms with Gasteiger partial charge in [0, 0.05) is 24.3 Å². The van der Waals surface area contributed by atoms with Crippen LogP contribution in [-0.4, -0.2) is 28.1 Å². The first-order valence-electron chi connectivity index (χ1n) is 5.33. The lowest BCUT2D eigenvalue weighted by Crippen LogP contribution is -2.46. The number of aliphatic hydroxyl groups excluding tert-OH is 1. The lowest BCUT2D eigenvalue weighted by atomic mass is 9.89. The molecule has 2 rings (SSSR count). The molecular formula is C11H15N3O2. The Morgan fingerprint density at radius 2 is 2.38 bits per heavy atom. The highest BCUT2D eigenvalue weighted by molar-refractivity contribution is 5.94. The van der Waals surface area contributed by atoms with Crippen molar-refractivity contribution in [3.8, 4) is 0 Å². The normalized spacial score (nSPS) is 23.6. The molecule has 0 aromatic carbocycles. The molecule has 0 radical (unpaired) electrons. The summed E-state index contributed by atoms with van der Waals surface area (Å²) in [5.74, 6) is -0.131. The quantitative estimate of drug-likeness (QED) is 0.659. The Morgan fingerprint density at radius 1 is 1.62 bits per heavy atom. The van der Waals surface area contributed by atoms with E-state index in [-0.39, 0.29) is 18.1 Å². The number of aliphatic hydroxyl groups is 1. The number of carbonyl (C=O) groups excluding carboxylic acids is 1. The third kappa shape index (κ3) is 2.37. The van der Waals surface area contributed by atoms with Crippen LogP contribution >= 0.6 is 0 Å². The van der Waals surface area contributed by atoms with Gasteiger partial charge in [-0.1, -0.05) is 0 Å². The third-order valence-electron chi connectivity index (χ3n) is 2.74. The summed E-state index contributed by atoms with van der Waals surface area (Å²) in [7, 11) is 0. The second kappa shape index (κ2) is 4.59. The van der Waals surface area contributed by atoms with Crippen molar-refractivity contribution < 1.29 is 9.90 Å². The fourth-order valence-electron chi connectivity index (χ4n) is 1.71. The van der Waals surface area contributed by atoms with E-state index < -0.39 is 0 Å². The molecule has 5 heteroatoms. The van der Waals surface area contributed by atoms with E-state index in [2.05, 4.69) is 10.3 Å². The van der Waals surface area contributed by atoms with Gasteiger partial charge in [0.2, 0.25) is 0 Å². The fraction of sp³-hybridized carbons (Fsp3) is 0.455. The molecule has 0 unspecified atom stereocenters. The van der Waals surface area contributed by atoms with Crippen molar-refractivity contribution in [2.75, 3.05) is 0 Å². The Morgan fingerprint density at radius 3 is 3.00 bits per heavy atom. The zero-order chi connectivity index (χ0) is 11.5. The zero-order valence-corrected chi connectivity index (χ0v) is 8.89. The number of nitrogens with zero attached hydrogens (tertiary/aromatic N) is 1. The minimum absolute atomic E-state index is 0.0944. The number of rotatable bonds is 3. The molecule has 0 aliphatic heterocycles. The van der Waals surface area contributed by atoms with Gasteiger partial charge in [-0.05, 0) is 25.0 Å². The Kier molecular flexibility index (Phi) is 3.17. The Balaban J connectivity index is 1.97. The number of nitrogens with two attached hydrogens (primary N) is 1. The summed E-state index contributed by atoms with van der Waals surface area (Å²) in [5.41, 5.74) is 6.71. The van der Waals surface area contributed by atoms with Gasteiger partial charge in [0.25, 0.3) is 5.91 Å². The first kappa shape index (κ1) is 11.0. The van der Waals surface area contributed by atoms with Crippen LogP contribution in [0.2, 0.25) is 0 Å². The van der Waals surface area contributed by atoms with Gasteiger partial charge in [0.1, 0.15) is 0 Å². The molecule has 1 aromatic heterocycles. The maximum absolute atomic E-state index is 11.8. The average molecular weight is 221 g/mol. The highest BCUT2D eigenvalue weighted by atomic mass is 16.3. The molecule has 0 bridgehead atoms. The van der Waals surface area contributed by atoms with E-state index in [0.717, 1.165) is 0 Å². The molecule has 1 fully saturated rings. The summed E-state index contributed by atoms with van der Waals surface area (Å²) in [4.78, 5) is 15.8. The molecule has 1 aromatic rings. The van der Waals surface area contributed by atoms with Crippen LogP contribution in [0.25, 0.3) is 0 Å². The maximum atomic E-state index is 11.8. The number of pyridine rings is 1. The highest BCUT2D eigenvalue weighted by Gasteiger charge is 2.28. The highest BCUT2D eigenvalue weighted by Crippen LogP contribution is 2.19. The molecule has 1 aliphatic rings. The van der Waals surface area contributed by atoms with Crippen molar-refractivity contribution in [1.82, 2.24) is 10.3 Å². The van der Waals surface area contributed by atoms with Crippen LogP contribution in [-0.2, 0) is 6.54 Å². The van der Waals surface area contributed by atoms with Crippen molar-refractivity contribution >= 4 is 5.91 Å². The van der Waals surface area contributed by atoms with Gasteiger partial charge < -0.3 is 16.2 Å². The monoisotopic (exact) mass is 221 g/mol. The lowest BCUT2D eigenvalue weighted by molar-refractivity contribution is 0.0562. The molecule has 16 heavy (non-hydrogen) atoms. The minimum atomic E-state index is -0.262. The molecule has 0 saturated heterocycles. The predicted octanol–water partition coefficient (Wildman–Crippen LogP) is -0.207. The second-order valence-electron chi connectivity index (χ2n) is 4.04. The van der Waals surface area contributed by atoms with Crippen LogP contribution in [0.3, 0.4) is 0 Å². The smallest absolute Gasteiger partial charge is 0.251 e. The molecule has 1 aliphatic carbocycles. The summed E-state index contributed by atoms with van der Waals surface area (Å²) >= 11 is 0. The van der Waals surface area contributed by atoms with Crippen LogP contribution in [0.4, 0.5) is 0 Å². The van der Waals surface area contributed by atoms with Crippen molar-refractivity contribution in [3.63, 3.8) is 0 Å². The van der Waals surface area contributed by atoms with E-state index >= 15 is 0 Å². The molecule has 0 atom stereocenters. The van der Waals surface area contributed by atoms with Crippen LogP contribution in [0.5, 0.6) is 0 Å². The van der Waals surface area contributed by atoms with Crippen molar-refractivity contribution in [2.24, 2.45) is 5.73 Å². The van der Waals surface area contributed by atoms with Gasteiger partial charge in [-0.2, -0.15) is 0 Å². The van der Waals surface area contributed by atoms with Gasteiger partial charge >= 0.3 is 0 Å². The van der Waals surface area contributed by atoms with E-state index in [1.807, 2.05) is 0 Å². The molecule has 0 spiro atoms. The fourth-order valence-corrected chi connectivity index (χ4v) is 1.71. The molecule has 1 saturated carbocycles. The van der Waals surface area contributed by atoms with Gasteiger partial charge in [-0.25, -0.2) is 0 Å². The standard InChI is InChI=1S/C11H15N3O2/c12-6-9-3-7(1-2-13-9)11(16)14-8-4-10(15)5-8/h1-3,8,10,15H,4-6,12H2,(H,14,16). The zero-order valence-electron chi connectivity index (χ0n) is 8.89. The van der Waals surface area contributed by atoms with Gasteiger partial charge in [-0.15, -0.1) is 0 Å². The number of carbonyl (C=O) groups is 1. The van der Waals surface area contributed by atoms with Gasteiger partial charge in [0.05, 0.1) is 11.8 Å². The first-order chi connectivity index (χ1) is 7.69. The summed E-state index contributed by atoms with van der Waals surface area (Å²) < 4.78 is 0. The maximum Gasteiger partial charge on any atom is 0.251 e. The van der Waals surface area contributed by atoms with E-state index in [1.54, 1.807) is 18.3 Å². The Hall–Kier alpha value is -1.46. The summed E-state index contributed by atoms with van der Waals surface area (Å²) in [6, 6.07) is 3.44. The van der Waals surface area contributed by atoms with E-state index in [9.17, 15) is 4.79 Å². The summed E-state index contributed by atoms with van der Waals surface area (Å²) in [6.45, 7) is 0.323. The van der Waals surface area contributed by atoms with Crippen LogP contribution in [0.1, 0.15) is 28.9 Å². The van der Waals surface area contributed by atoms with E-state index in [0.29, 0.717) is 30.6 Å². The second-order valence-corrected chi connectivity index (χ2v) is 4.04.